The van der Waals surface area contributed by atoms with Crippen molar-refractivity contribution in [3.8, 4) is 11.5 Å². The maximum Gasteiger partial charge on any atom is 0.305 e. The van der Waals surface area contributed by atoms with Crippen molar-refractivity contribution in [3.05, 3.63) is 83.7 Å². The van der Waals surface area contributed by atoms with Gasteiger partial charge in [-0.25, -0.2) is 4.98 Å². The number of rotatable bonds is 9. The molecule has 0 amide bonds. The molecule has 7 nitrogen and oxygen atoms in total. The minimum atomic E-state index is -0.867. The number of anilines is 1. The molecule has 0 spiro atoms. The van der Waals surface area contributed by atoms with Crippen molar-refractivity contribution in [2.45, 2.75) is 31.7 Å². The maximum atomic E-state index is 11.7. The molecule has 0 saturated carbocycles. The molecular formula is C28H29N3O4. The highest BCUT2D eigenvalue weighted by atomic mass is 16.5. The Hall–Kier alpha value is -4.00. The van der Waals surface area contributed by atoms with Crippen molar-refractivity contribution in [1.29, 1.82) is 0 Å². The van der Waals surface area contributed by atoms with E-state index in [0.717, 1.165) is 59.5 Å². The first-order chi connectivity index (χ1) is 17.1. The molecule has 2 N–H and O–H groups in total. The predicted octanol–water partition coefficient (Wildman–Crippen LogP) is 5.09. The van der Waals surface area contributed by atoms with Crippen LogP contribution in [0.3, 0.4) is 0 Å². The van der Waals surface area contributed by atoms with Gasteiger partial charge >= 0.3 is 5.97 Å². The van der Waals surface area contributed by atoms with Crippen molar-refractivity contribution < 1.29 is 19.4 Å². The minimum Gasteiger partial charge on any atom is -0.496 e. The van der Waals surface area contributed by atoms with Crippen LogP contribution in [0.1, 0.15) is 35.7 Å². The highest BCUT2D eigenvalue weighted by molar-refractivity contribution is 5.82. The average Bonchev–Trinajstić information content (AvgIpc) is 3.30. The second-order valence-corrected chi connectivity index (χ2v) is 8.74. The first-order valence-electron chi connectivity index (χ1n) is 11.9. The van der Waals surface area contributed by atoms with Gasteiger partial charge in [0.1, 0.15) is 17.3 Å². The highest BCUT2D eigenvalue weighted by Crippen LogP contribution is 2.34. The molecule has 0 aliphatic carbocycles. The summed E-state index contributed by atoms with van der Waals surface area (Å²) in [5, 5.41) is 14.0. The van der Waals surface area contributed by atoms with Crippen LogP contribution in [0.15, 0.2) is 66.9 Å². The molecular weight excluding hydrogens is 442 g/mol. The minimum absolute atomic E-state index is 0.0506. The van der Waals surface area contributed by atoms with Gasteiger partial charge in [-0.1, -0.05) is 24.3 Å². The maximum absolute atomic E-state index is 11.7. The second-order valence-electron chi connectivity index (χ2n) is 8.74. The Bertz CT molecular complexity index is 1350. The Morgan fingerprint density at radius 3 is 2.91 bits per heavy atom. The number of carboxylic acid groups (broad SMARTS) is 1. The van der Waals surface area contributed by atoms with Gasteiger partial charge in [-0.15, -0.1) is 0 Å². The first kappa shape index (κ1) is 22.8. The summed E-state index contributed by atoms with van der Waals surface area (Å²) >= 11 is 0. The number of carboxylic acids is 1. The van der Waals surface area contributed by atoms with E-state index in [1.54, 1.807) is 7.11 Å². The third-order valence-electron chi connectivity index (χ3n) is 6.47. The van der Waals surface area contributed by atoms with Crippen molar-refractivity contribution in [2.24, 2.45) is 0 Å². The summed E-state index contributed by atoms with van der Waals surface area (Å²) in [6, 6.07) is 19.3. The van der Waals surface area contributed by atoms with E-state index in [-0.39, 0.29) is 6.42 Å². The molecule has 5 rings (SSSR count). The number of aliphatic carboxylic acids is 1. The average molecular weight is 472 g/mol. The lowest BCUT2D eigenvalue weighted by molar-refractivity contribution is -0.137. The molecule has 35 heavy (non-hydrogen) atoms. The lowest BCUT2D eigenvalue weighted by Crippen LogP contribution is -2.15. The summed E-state index contributed by atoms with van der Waals surface area (Å²) in [5.74, 6) is 1.58. The Labute approximate surface area is 204 Å². The van der Waals surface area contributed by atoms with Crippen LogP contribution in [0.5, 0.6) is 11.5 Å². The molecule has 0 radical (unpaired) electrons. The van der Waals surface area contributed by atoms with Gasteiger partial charge < -0.3 is 24.5 Å². The molecule has 0 fully saturated rings. The van der Waals surface area contributed by atoms with Crippen LogP contribution >= 0.6 is 0 Å². The first-order valence-corrected chi connectivity index (χ1v) is 11.9. The Morgan fingerprint density at radius 2 is 2.06 bits per heavy atom. The molecule has 3 heterocycles. The SMILES string of the molecule is COc1ccccc1C(CC(=O)O)n1ccc2cc(OCCc3ccc4c(n3)NCCC4)ccc21. The molecule has 0 saturated heterocycles. The number of carbonyl (C=O) groups is 1. The van der Waals surface area contributed by atoms with Crippen molar-refractivity contribution in [2.75, 3.05) is 25.6 Å². The number of methoxy groups -OCH3 is 1. The number of fused-ring (bicyclic) bond motifs is 2. The Morgan fingerprint density at radius 1 is 1.17 bits per heavy atom. The van der Waals surface area contributed by atoms with Crippen LogP contribution in [0.4, 0.5) is 5.82 Å². The zero-order valence-electron chi connectivity index (χ0n) is 19.7. The zero-order chi connectivity index (χ0) is 24.2. The number of aryl methyl sites for hydroxylation is 1. The number of hydrogen-bond acceptors (Lipinski definition) is 5. The van der Waals surface area contributed by atoms with Gasteiger partial charge in [0.15, 0.2) is 0 Å². The molecule has 2 aromatic carbocycles. The van der Waals surface area contributed by atoms with E-state index in [0.29, 0.717) is 12.4 Å². The monoisotopic (exact) mass is 471 g/mol. The number of benzene rings is 2. The third-order valence-corrected chi connectivity index (χ3v) is 6.47. The van der Waals surface area contributed by atoms with E-state index < -0.39 is 12.0 Å². The topological polar surface area (TPSA) is 85.6 Å². The van der Waals surface area contributed by atoms with Gasteiger partial charge in [-0.05, 0) is 54.8 Å². The molecule has 1 aliphatic rings. The number of pyridine rings is 1. The summed E-state index contributed by atoms with van der Waals surface area (Å²) < 4.78 is 13.5. The van der Waals surface area contributed by atoms with E-state index in [2.05, 4.69) is 17.4 Å². The van der Waals surface area contributed by atoms with E-state index in [4.69, 9.17) is 14.5 Å². The fraction of sp³-hybridized carbons (Fsp3) is 0.286. The lowest BCUT2D eigenvalue weighted by atomic mass is 10.0. The molecule has 0 bridgehead atoms. The summed E-state index contributed by atoms with van der Waals surface area (Å²) in [4.78, 5) is 16.4. The van der Waals surface area contributed by atoms with Crippen molar-refractivity contribution >= 4 is 22.7 Å². The van der Waals surface area contributed by atoms with Crippen LogP contribution in [0, 0.1) is 0 Å². The van der Waals surface area contributed by atoms with Gasteiger partial charge in [0.25, 0.3) is 0 Å². The summed E-state index contributed by atoms with van der Waals surface area (Å²) in [7, 11) is 1.60. The van der Waals surface area contributed by atoms with Crippen molar-refractivity contribution in [1.82, 2.24) is 9.55 Å². The van der Waals surface area contributed by atoms with E-state index >= 15 is 0 Å². The zero-order valence-corrected chi connectivity index (χ0v) is 19.7. The summed E-state index contributed by atoms with van der Waals surface area (Å²) in [6.45, 7) is 1.50. The normalized spacial score (nSPS) is 13.6. The van der Waals surface area contributed by atoms with Gasteiger partial charge in [0.2, 0.25) is 0 Å². The number of aromatic nitrogens is 2. The molecule has 1 unspecified atom stereocenters. The molecule has 7 heteroatoms. The third kappa shape index (κ3) is 4.94. The van der Waals surface area contributed by atoms with E-state index in [9.17, 15) is 9.90 Å². The van der Waals surface area contributed by atoms with Crippen LogP contribution in [-0.2, 0) is 17.6 Å². The standard InChI is InChI=1S/C28H29N3O4/c1-34-26-7-3-2-6-23(26)25(18-27(32)33)31-15-12-20-17-22(10-11-24(20)31)35-16-13-21-9-8-19-5-4-14-29-28(19)30-21/h2-3,6-12,15,17,25H,4-5,13-14,16,18H2,1H3,(H,29,30)(H,32,33). The number of para-hydroxylation sites is 1. The van der Waals surface area contributed by atoms with E-state index in [1.165, 1.54) is 5.56 Å². The molecule has 180 valence electrons. The Balaban J connectivity index is 1.33. The highest BCUT2D eigenvalue weighted by Gasteiger charge is 2.22. The van der Waals surface area contributed by atoms with Crippen LogP contribution in [-0.4, -0.2) is 40.9 Å². The fourth-order valence-electron chi connectivity index (χ4n) is 4.75. The van der Waals surface area contributed by atoms with Crippen LogP contribution in [0.25, 0.3) is 10.9 Å². The Kier molecular flexibility index (Phi) is 6.57. The smallest absolute Gasteiger partial charge is 0.305 e. The fourth-order valence-corrected chi connectivity index (χ4v) is 4.75. The van der Waals surface area contributed by atoms with Crippen LogP contribution < -0.4 is 14.8 Å². The number of nitrogens with one attached hydrogen (secondary N) is 1. The largest absolute Gasteiger partial charge is 0.496 e. The van der Waals surface area contributed by atoms with Crippen LogP contribution in [0.2, 0.25) is 0 Å². The molecule has 1 aliphatic heterocycles. The van der Waals surface area contributed by atoms with Gasteiger partial charge in [0.05, 0.1) is 26.2 Å². The summed E-state index contributed by atoms with van der Waals surface area (Å²) in [5.41, 5.74) is 4.07. The predicted molar refractivity (Wildman–Crippen MR) is 136 cm³/mol. The van der Waals surface area contributed by atoms with Gasteiger partial charge in [0, 0.05) is 41.3 Å². The van der Waals surface area contributed by atoms with Gasteiger partial charge in [-0.3, -0.25) is 4.79 Å². The van der Waals surface area contributed by atoms with Gasteiger partial charge in [-0.2, -0.15) is 0 Å². The number of nitrogens with zero attached hydrogens (tertiary/aromatic N) is 2. The number of hydrogen-bond donors (Lipinski definition) is 2. The second kappa shape index (κ2) is 10.1. The number of ether oxygens (including phenoxy) is 2. The summed E-state index contributed by atoms with van der Waals surface area (Å²) in [6.07, 6.45) is 4.83. The molecule has 4 aromatic rings. The van der Waals surface area contributed by atoms with E-state index in [1.807, 2.05) is 59.3 Å². The quantitative estimate of drug-likeness (QED) is 0.354. The van der Waals surface area contributed by atoms with Crippen molar-refractivity contribution in [3.63, 3.8) is 0 Å². The molecule has 1 atom stereocenters. The molecule has 2 aromatic heterocycles. The lowest BCUT2D eigenvalue weighted by Gasteiger charge is -2.21.